The van der Waals surface area contributed by atoms with Crippen LogP contribution in [0, 0.1) is 0 Å². The van der Waals surface area contributed by atoms with Gasteiger partial charge in [0, 0.05) is 6.42 Å². The van der Waals surface area contributed by atoms with Gasteiger partial charge in [-0.3, -0.25) is 0 Å². The Balaban J connectivity index is 2.09. The highest BCUT2D eigenvalue weighted by Gasteiger charge is 2.15. The summed E-state index contributed by atoms with van der Waals surface area (Å²) in [4.78, 5) is 0. The Morgan fingerprint density at radius 3 is 1.52 bits per heavy atom. The van der Waals surface area contributed by atoms with Crippen molar-refractivity contribution in [1.29, 1.82) is 0 Å². The molecule has 0 aliphatic carbocycles. The van der Waals surface area contributed by atoms with Gasteiger partial charge in [0.2, 0.25) is 0 Å². The zero-order chi connectivity index (χ0) is 22.4. The van der Waals surface area contributed by atoms with Gasteiger partial charge in [0.15, 0.2) is 0 Å². The molecule has 2 heteroatoms. The van der Waals surface area contributed by atoms with Crippen molar-refractivity contribution in [3.63, 3.8) is 0 Å². The van der Waals surface area contributed by atoms with Gasteiger partial charge >= 0.3 is 0 Å². The third-order valence-corrected chi connectivity index (χ3v) is 6.85. The first-order valence-corrected chi connectivity index (χ1v) is 14.4. The van der Waals surface area contributed by atoms with Crippen LogP contribution >= 0.6 is 0 Å². The van der Waals surface area contributed by atoms with Crippen molar-refractivity contribution in [2.24, 2.45) is 0 Å². The molecule has 0 amide bonds. The lowest BCUT2D eigenvalue weighted by Crippen LogP contribution is -2.37. The van der Waals surface area contributed by atoms with Crippen molar-refractivity contribution < 1.29 is 4.57 Å². The first kappa shape index (κ1) is 28.2. The molecule has 182 valence electrons. The van der Waals surface area contributed by atoms with Gasteiger partial charge < -0.3 is 0 Å². The van der Waals surface area contributed by atoms with E-state index < -0.39 is 0 Å². The van der Waals surface area contributed by atoms with Crippen LogP contribution in [-0.4, -0.2) is 4.57 Å². The summed E-state index contributed by atoms with van der Waals surface area (Å²) >= 11 is 0. The van der Waals surface area contributed by atoms with Crippen LogP contribution in [0.2, 0.25) is 0 Å². The molecule has 1 aromatic heterocycles. The molecule has 31 heavy (non-hydrogen) atoms. The molecule has 0 spiro atoms. The summed E-state index contributed by atoms with van der Waals surface area (Å²) in [6.45, 7) is 9.35. The minimum absolute atomic E-state index is 1.21. The van der Waals surface area contributed by atoms with Crippen LogP contribution < -0.4 is 4.57 Å². The SMILES string of the molecule is CCCCCCCCCCCCCCCC[n+]1ccn(CCCCCC)c1CCCC. The molecular formula is C29H57N2+. The van der Waals surface area contributed by atoms with Crippen LogP contribution in [0.4, 0.5) is 0 Å². The Hall–Kier alpha value is -0.790. The summed E-state index contributed by atoms with van der Waals surface area (Å²) in [7, 11) is 0. The Kier molecular flexibility index (Phi) is 19.2. The number of hydrogen-bond donors (Lipinski definition) is 0. The second-order valence-corrected chi connectivity index (χ2v) is 9.86. The van der Waals surface area contributed by atoms with Gasteiger partial charge in [-0.05, 0) is 32.1 Å². The highest BCUT2D eigenvalue weighted by Crippen LogP contribution is 2.13. The summed E-state index contributed by atoms with van der Waals surface area (Å²) in [6.07, 6.45) is 34.1. The van der Waals surface area contributed by atoms with Crippen molar-refractivity contribution in [3.05, 3.63) is 18.2 Å². The number of hydrogen-bond acceptors (Lipinski definition) is 0. The van der Waals surface area contributed by atoms with E-state index in [4.69, 9.17) is 0 Å². The fraction of sp³-hybridized carbons (Fsp3) is 0.897. The number of aromatic nitrogens is 2. The van der Waals surface area contributed by atoms with Crippen LogP contribution in [0.25, 0.3) is 0 Å². The molecule has 1 aromatic rings. The molecule has 0 radical (unpaired) electrons. The molecule has 0 fully saturated rings. The van der Waals surface area contributed by atoms with Crippen LogP contribution in [0.1, 0.15) is 155 Å². The van der Waals surface area contributed by atoms with Crippen LogP contribution in [0.5, 0.6) is 0 Å². The molecule has 0 saturated carbocycles. The van der Waals surface area contributed by atoms with Crippen molar-refractivity contribution in [1.82, 2.24) is 4.57 Å². The average molecular weight is 434 g/mol. The third kappa shape index (κ3) is 14.8. The minimum atomic E-state index is 1.21. The quantitative estimate of drug-likeness (QED) is 0.120. The maximum atomic E-state index is 2.57. The van der Waals surface area contributed by atoms with E-state index in [1.807, 2.05) is 0 Å². The Morgan fingerprint density at radius 1 is 0.548 bits per heavy atom. The van der Waals surface area contributed by atoms with E-state index in [0.29, 0.717) is 0 Å². The number of unbranched alkanes of at least 4 members (excludes halogenated alkanes) is 17. The first-order valence-electron chi connectivity index (χ1n) is 14.4. The Bertz CT molecular complexity index is 491. The van der Waals surface area contributed by atoms with E-state index in [-0.39, 0.29) is 0 Å². The highest BCUT2D eigenvalue weighted by atomic mass is 15.1. The molecular weight excluding hydrogens is 376 g/mol. The topological polar surface area (TPSA) is 8.81 Å². The summed E-state index contributed by atoms with van der Waals surface area (Å²) in [5.41, 5.74) is 0. The number of aryl methyl sites for hydroxylation is 2. The number of rotatable bonds is 23. The molecule has 0 atom stereocenters. The Labute approximate surface area is 196 Å². The standard InChI is InChI=1S/C29H57N2/c1-4-7-10-12-13-14-15-16-17-18-19-20-21-23-26-31-28-27-30(25-22-11-8-5-2)29(31)24-9-6-3/h27-28H,4-26H2,1-3H3/q+1. The highest BCUT2D eigenvalue weighted by molar-refractivity contribution is 4.84. The van der Waals surface area contributed by atoms with E-state index in [9.17, 15) is 0 Å². The van der Waals surface area contributed by atoms with E-state index in [2.05, 4.69) is 42.3 Å². The molecule has 0 aliphatic heterocycles. The number of imidazole rings is 1. The van der Waals surface area contributed by atoms with E-state index in [1.54, 1.807) is 5.82 Å². The van der Waals surface area contributed by atoms with Crippen LogP contribution in [0.15, 0.2) is 12.4 Å². The van der Waals surface area contributed by atoms with Crippen molar-refractivity contribution in [2.75, 3.05) is 0 Å². The molecule has 0 aromatic carbocycles. The first-order chi connectivity index (χ1) is 15.3. The maximum Gasteiger partial charge on any atom is 0.256 e. The van der Waals surface area contributed by atoms with Crippen LogP contribution in [0.3, 0.4) is 0 Å². The Morgan fingerprint density at radius 2 is 1.00 bits per heavy atom. The molecule has 1 heterocycles. The summed E-state index contributed by atoms with van der Waals surface area (Å²) in [5.74, 6) is 1.58. The van der Waals surface area contributed by atoms with Gasteiger partial charge in [-0.1, -0.05) is 117 Å². The normalized spacial score (nSPS) is 11.5. The fourth-order valence-electron chi connectivity index (χ4n) is 4.71. The lowest BCUT2D eigenvalue weighted by molar-refractivity contribution is -0.704. The number of nitrogens with zero attached hydrogens (tertiary/aromatic N) is 2. The zero-order valence-corrected chi connectivity index (χ0v) is 21.8. The van der Waals surface area contributed by atoms with Gasteiger partial charge in [-0.2, -0.15) is 0 Å². The van der Waals surface area contributed by atoms with Gasteiger partial charge in [0.1, 0.15) is 12.4 Å². The van der Waals surface area contributed by atoms with Gasteiger partial charge in [-0.15, -0.1) is 0 Å². The zero-order valence-electron chi connectivity index (χ0n) is 21.8. The molecule has 2 nitrogen and oxygen atoms in total. The monoisotopic (exact) mass is 433 g/mol. The van der Waals surface area contributed by atoms with Crippen molar-refractivity contribution in [3.8, 4) is 0 Å². The maximum absolute atomic E-state index is 2.57. The summed E-state index contributed by atoms with van der Waals surface area (Å²) < 4.78 is 5.12. The third-order valence-electron chi connectivity index (χ3n) is 6.85. The summed E-state index contributed by atoms with van der Waals surface area (Å²) in [6, 6.07) is 0. The van der Waals surface area contributed by atoms with Crippen LogP contribution in [-0.2, 0) is 19.5 Å². The molecule has 0 unspecified atom stereocenters. The predicted molar refractivity (Wildman–Crippen MR) is 138 cm³/mol. The second-order valence-electron chi connectivity index (χ2n) is 9.86. The molecule has 0 bridgehead atoms. The van der Waals surface area contributed by atoms with E-state index in [1.165, 1.54) is 148 Å². The molecule has 0 saturated heterocycles. The molecule has 0 aliphatic rings. The fourth-order valence-corrected chi connectivity index (χ4v) is 4.71. The average Bonchev–Trinajstić information content (AvgIpc) is 3.17. The minimum Gasteiger partial charge on any atom is -0.234 e. The second kappa shape index (κ2) is 21.1. The van der Waals surface area contributed by atoms with E-state index in [0.717, 1.165) is 0 Å². The van der Waals surface area contributed by atoms with Crippen molar-refractivity contribution in [2.45, 2.75) is 169 Å². The van der Waals surface area contributed by atoms with Gasteiger partial charge in [0.05, 0.1) is 13.1 Å². The smallest absolute Gasteiger partial charge is 0.234 e. The lowest BCUT2D eigenvalue weighted by atomic mass is 10.0. The van der Waals surface area contributed by atoms with Gasteiger partial charge in [-0.25, -0.2) is 9.13 Å². The van der Waals surface area contributed by atoms with Gasteiger partial charge in [0.25, 0.3) is 5.82 Å². The molecule has 0 N–H and O–H groups in total. The van der Waals surface area contributed by atoms with Crippen molar-refractivity contribution >= 4 is 0 Å². The summed E-state index contributed by atoms with van der Waals surface area (Å²) in [5, 5.41) is 0. The predicted octanol–water partition coefficient (Wildman–Crippen LogP) is 9.18. The molecule has 1 rings (SSSR count). The lowest BCUT2D eigenvalue weighted by Gasteiger charge is -2.06. The largest absolute Gasteiger partial charge is 0.256 e. The van der Waals surface area contributed by atoms with E-state index >= 15 is 0 Å².